The Morgan fingerprint density at radius 3 is 2.45 bits per heavy atom. The fraction of sp³-hybridized carbons (Fsp3) is 0.562. The van der Waals surface area contributed by atoms with Gasteiger partial charge in [0.25, 0.3) is 0 Å². The molecule has 0 bridgehead atoms. The van der Waals surface area contributed by atoms with Gasteiger partial charge in [0.2, 0.25) is 5.91 Å². The highest BCUT2D eigenvalue weighted by molar-refractivity contribution is 5.76. The molecule has 1 aromatic carbocycles. The van der Waals surface area contributed by atoms with Gasteiger partial charge in [0.15, 0.2) is 0 Å². The summed E-state index contributed by atoms with van der Waals surface area (Å²) in [6.45, 7) is 6.23. The lowest BCUT2D eigenvalue weighted by Crippen LogP contribution is -2.23. The van der Waals surface area contributed by atoms with Crippen LogP contribution in [-0.2, 0) is 11.3 Å². The monoisotopic (exact) mass is 278 g/mol. The maximum atomic E-state index is 11.6. The summed E-state index contributed by atoms with van der Waals surface area (Å²) in [6, 6.07) is 7.86. The van der Waals surface area contributed by atoms with E-state index in [1.165, 1.54) is 0 Å². The molecule has 0 atom stereocenters. The van der Waals surface area contributed by atoms with Crippen LogP contribution in [0.5, 0.6) is 5.75 Å². The van der Waals surface area contributed by atoms with Gasteiger partial charge in [-0.3, -0.25) is 4.79 Å². The Balaban J connectivity index is 2.33. The van der Waals surface area contributed by atoms with E-state index >= 15 is 0 Å². The zero-order valence-electron chi connectivity index (χ0n) is 13.0. The fourth-order valence-electron chi connectivity index (χ4n) is 1.69. The van der Waals surface area contributed by atoms with Crippen LogP contribution >= 0.6 is 0 Å². The van der Waals surface area contributed by atoms with Crippen molar-refractivity contribution >= 4 is 5.91 Å². The maximum Gasteiger partial charge on any atom is 0.220 e. The van der Waals surface area contributed by atoms with E-state index in [9.17, 15) is 4.79 Å². The Morgan fingerprint density at radius 2 is 1.90 bits per heavy atom. The molecule has 0 heterocycles. The lowest BCUT2D eigenvalue weighted by Gasteiger charge is -2.11. The molecule has 0 aliphatic rings. The van der Waals surface area contributed by atoms with Crippen LogP contribution in [0.2, 0.25) is 0 Å². The van der Waals surface area contributed by atoms with Gasteiger partial charge in [-0.05, 0) is 37.7 Å². The van der Waals surface area contributed by atoms with Crippen LogP contribution in [0.15, 0.2) is 24.3 Å². The SMILES string of the molecule is CC(C)CC(=O)NCc1ccc(OCCN(C)C)cc1. The first-order valence-corrected chi connectivity index (χ1v) is 7.10. The minimum absolute atomic E-state index is 0.103. The van der Waals surface area contributed by atoms with E-state index in [1.54, 1.807) is 0 Å². The molecule has 1 aromatic rings. The first-order valence-electron chi connectivity index (χ1n) is 7.10. The minimum atomic E-state index is 0.103. The molecular formula is C16H26N2O2. The third kappa shape index (κ3) is 7.14. The van der Waals surface area contributed by atoms with Crippen molar-refractivity contribution in [2.75, 3.05) is 27.2 Å². The van der Waals surface area contributed by atoms with Gasteiger partial charge in [0.05, 0.1) is 0 Å². The molecule has 1 amide bonds. The van der Waals surface area contributed by atoms with Crippen molar-refractivity contribution in [3.63, 3.8) is 0 Å². The summed E-state index contributed by atoms with van der Waals surface area (Å²) < 4.78 is 5.62. The topological polar surface area (TPSA) is 41.6 Å². The number of carbonyl (C=O) groups excluding carboxylic acids is 1. The molecular weight excluding hydrogens is 252 g/mol. The Kier molecular flexibility index (Phi) is 7.09. The van der Waals surface area contributed by atoms with E-state index < -0.39 is 0 Å². The fourth-order valence-corrected chi connectivity index (χ4v) is 1.69. The van der Waals surface area contributed by atoms with Crippen molar-refractivity contribution in [2.45, 2.75) is 26.8 Å². The van der Waals surface area contributed by atoms with Crippen LogP contribution in [0.1, 0.15) is 25.8 Å². The van der Waals surface area contributed by atoms with Gasteiger partial charge in [-0.2, -0.15) is 0 Å². The van der Waals surface area contributed by atoms with Crippen LogP contribution in [0.25, 0.3) is 0 Å². The number of ether oxygens (including phenoxy) is 1. The number of carbonyl (C=O) groups is 1. The smallest absolute Gasteiger partial charge is 0.220 e. The molecule has 0 fully saturated rings. The largest absolute Gasteiger partial charge is 0.492 e. The van der Waals surface area contributed by atoms with Crippen LogP contribution in [-0.4, -0.2) is 38.1 Å². The van der Waals surface area contributed by atoms with Crippen molar-refractivity contribution in [2.24, 2.45) is 5.92 Å². The predicted octanol–water partition coefficient (Wildman–Crippen LogP) is 2.29. The van der Waals surface area contributed by atoms with Crippen molar-refractivity contribution in [3.8, 4) is 5.75 Å². The van der Waals surface area contributed by atoms with E-state index in [-0.39, 0.29) is 5.91 Å². The van der Waals surface area contributed by atoms with Gasteiger partial charge in [-0.25, -0.2) is 0 Å². The molecule has 112 valence electrons. The van der Waals surface area contributed by atoms with E-state index in [4.69, 9.17) is 4.74 Å². The molecule has 4 heteroatoms. The lowest BCUT2D eigenvalue weighted by atomic mass is 10.1. The maximum absolute atomic E-state index is 11.6. The van der Waals surface area contributed by atoms with E-state index in [0.717, 1.165) is 17.9 Å². The normalized spacial score (nSPS) is 10.9. The van der Waals surface area contributed by atoms with Gasteiger partial charge in [-0.1, -0.05) is 26.0 Å². The third-order valence-electron chi connectivity index (χ3n) is 2.81. The van der Waals surface area contributed by atoms with Crippen molar-refractivity contribution in [3.05, 3.63) is 29.8 Å². The van der Waals surface area contributed by atoms with Crippen LogP contribution in [0.4, 0.5) is 0 Å². The number of nitrogens with zero attached hydrogens (tertiary/aromatic N) is 1. The highest BCUT2D eigenvalue weighted by atomic mass is 16.5. The number of amides is 1. The van der Waals surface area contributed by atoms with E-state index in [0.29, 0.717) is 25.5 Å². The molecule has 0 saturated heterocycles. The molecule has 0 aliphatic heterocycles. The molecule has 0 aromatic heterocycles. The summed E-state index contributed by atoms with van der Waals surface area (Å²) >= 11 is 0. The van der Waals surface area contributed by atoms with Crippen molar-refractivity contribution in [1.82, 2.24) is 10.2 Å². The summed E-state index contributed by atoms with van der Waals surface area (Å²) in [5.41, 5.74) is 1.09. The van der Waals surface area contributed by atoms with Crippen LogP contribution in [0.3, 0.4) is 0 Å². The first kappa shape index (κ1) is 16.5. The molecule has 0 spiro atoms. The predicted molar refractivity (Wildman–Crippen MR) is 81.8 cm³/mol. The molecule has 4 nitrogen and oxygen atoms in total. The highest BCUT2D eigenvalue weighted by Gasteiger charge is 2.04. The Labute approximate surface area is 122 Å². The second kappa shape index (κ2) is 8.59. The minimum Gasteiger partial charge on any atom is -0.492 e. The average molecular weight is 278 g/mol. The van der Waals surface area contributed by atoms with Crippen molar-refractivity contribution < 1.29 is 9.53 Å². The molecule has 1 rings (SSSR count). The third-order valence-corrected chi connectivity index (χ3v) is 2.81. The molecule has 0 aliphatic carbocycles. The van der Waals surface area contributed by atoms with Gasteiger partial charge in [0, 0.05) is 19.5 Å². The van der Waals surface area contributed by atoms with Crippen LogP contribution in [0, 0.1) is 5.92 Å². The number of rotatable bonds is 8. The second-order valence-electron chi connectivity index (χ2n) is 5.67. The lowest BCUT2D eigenvalue weighted by molar-refractivity contribution is -0.121. The van der Waals surface area contributed by atoms with E-state index in [1.807, 2.05) is 52.2 Å². The average Bonchev–Trinajstić information content (AvgIpc) is 2.36. The molecule has 0 unspecified atom stereocenters. The van der Waals surface area contributed by atoms with Gasteiger partial charge < -0.3 is 15.0 Å². The molecule has 1 N–H and O–H groups in total. The molecule has 20 heavy (non-hydrogen) atoms. The van der Waals surface area contributed by atoms with Gasteiger partial charge in [0.1, 0.15) is 12.4 Å². The number of likely N-dealkylation sites (N-methyl/N-ethyl adjacent to an activating group) is 1. The summed E-state index contributed by atoms with van der Waals surface area (Å²) in [4.78, 5) is 13.6. The Bertz CT molecular complexity index is 399. The number of nitrogens with one attached hydrogen (secondary N) is 1. The second-order valence-corrected chi connectivity index (χ2v) is 5.67. The quantitative estimate of drug-likeness (QED) is 0.793. The summed E-state index contributed by atoms with van der Waals surface area (Å²) in [5.74, 6) is 1.36. The van der Waals surface area contributed by atoms with E-state index in [2.05, 4.69) is 10.2 Å². The first-order chi connectivity index (χ1) is 9.47. The summed E-state index contributed by atoms with van der Waals surface area (Å²) in [5, 5.41) is 2.92. The Hall–Kier alpha value is -1.55. The zero-order valence-corrected chi connectivity index (χ0v) is 13.0. The van der Waals surface area contributed by atoms with Gasteiger partial charge >= 0.3 is 0 Å². The highest BCUT2D eigenvalue weighted by Crippen LogP contribution is 2.12. The summed E-state index contributed by atoms with van der Waals surface area (Å²) in [6.07, 6.45) is 0.575. The van der Waals surface area contributed by atoms with Gasteiger partial charge in [-0.15, -0.1) is 0 Å². The number of benzene rings is 1. The number of hydrogen-bond donors (Lipinski definition) is 1. The van der Waals surface area contributed by atoms with Crippen molar-refractivity contribution in [1.29, 1.82) is 0 Å². The molecule has 0 radical (unpaired) electrons. The summed E-state index contributed by atoms with van der Waals surface area (Å²) in [7, 11) is 4.04. The van der Waals surface area contributed by atoms with Crippen LogP contribution < -0.4 is 10.1 Å². The molecule has 0 saturated carbocycles. The zero-order chi connectivity index (χ0) is 15.0. The standard InChI is InChI=1S/C16H26N2O2/c1-13(2)11-16(19)17-12-14-5-7-15(8-6-14)20-10-9-18(3)4/h5-8,13H,9-12H2,1-4H3,(H,17,19). The number of hydrogen-bond acceptors (Lipinski definition) is 3. The Morgan fingerprint density at radius 1 is 1.25 bits per heavy atom.